The van der Waals surface area contributed by atoms with Crippen LogP contribution in [0.15, 0.2) is 0 Å². The van der Waals surface area contributed by atoms with Gasteiger partial charge in [0.1, 0.15) is 0 Å². The lowest BCUT2D eigenvalue weighted by molar-refractivity contribution is 0.935. The van der Waals surface area contributed by atoms with Crippen molar-refractivity contribution in [3.63, 3.8) is 0 Å². The van der Waals surface area contributed by atoms with Crippen molar-refractivity contribution < 1.29 is 0 Å². The maximum atomic E-state index is 2.28. The summed E-state index contributed by atoms with van der Waals surface area (Å²) in [7, 11) is 4.01. The summed E-state index contributed by atoms with van der Waals surface area (Å²) in [6.45, 7) is 6.28. The van der Waals surface area contributed by atoms with Gasteiger partial charge < -0.3 is 0 Å². The first-order chi connectivity index (χ1) is 3.89. The molecule has 1 heterocycles. The quantitative estimate of drug-likeness (QED) is 0.486. The zero-order valence-corrected chi connectivity index (χ0v) is 7.44. The van der Waals surface area contributed by atoms with E-state index in [4.69, 9.17) is 0 Å². The van der Waals surface area contributed by atoms with Gasteiger partial charge in [0.25, 0.3) is 0 Å². The van der Waals surface area contributed by atoms with Gasteiger partial charge >= 0.3 is 0 Å². The first-order valence-corrected chi connectivity index (χ1v) is 5.56. The van der Waals surface area contributed by atoms with Crippen molar-refractivity contribution in [2.24, 2.45) is 0 Å². The highest BCUT2D eigenvalue weighted by Crippen LogP contribution is 2.36. The van der Waals surface area contributed by atoms with Gasteiger partial charge in [-0.25, -0.2) is 0 Å². The molecule has 1 saturated heterocycles. The summed E-state index contributed by atoms with van der Waals surface area (Å²) < 4.78 is 0. The van der Waals surface area contributed by atoms with Crippen molar-refractivity contribution in [3.05, 3.63) is 0 Å². The van der Waals surface area contributed by atoms with Crippen molar-refractivity contribution in [2.75, 3.05) is 5.75 Å². The molecule has 0 aromatic carbocycles. The van der Waals surface area contributed by atoms with E-state index in [1.165, 1.54) is 12.2 Å². The molecule has 8 heavy (non-hydrogen) atoms. The van der Waals surface area contributed by atoms with Crippen molar-refractivity contribution >= 4 is 21.6 Å². The molecule has 1 rings (SSSR count). The van der Waals surface area contributed by atoms with Crippen molar-refractivity contribution in [1.82, 2.24) is 0 Å². The lowest BCUT2D eigenvalue weighted by Crippen LogP contribution is -1.84. The van der Waals surface area contributed by atoms with Gasteiger partial charge in [-0.15, -0.1) is 0 Å². The van der Waals surface area contributed by atoms with Crippen LogP contribution < -0.4 is 0 Å². The van der Waals surface area contributed by atoms with E-state index >= 15 is 0 Å². The summed E-state index contributed by atoms with van der Waals surface area (Å²) in [5.74, 6) is 1.37. The molecule has 1 unspecified atom stereocenters. The van der Waals surface area contributed by atoms with Crippen LogP contribution in [0.5, 0.6) is 0 Å². The van der Waals surface area contributed by atoms with E-state index in [1.54, 1.807) is 0 Å². The summed E-state index contributed by atoms with van der Waals surface area (Å²) in [6.07, 6.45) is 1.41. The van der Waals surface area contributed by atoms with E-state index in [9.17, 15) is 0 Å². The van der Waals surface area contributed by atoms with Crippen LogP contribution in [0.1, 0.15) is 27.2 Å². The van der Waals surface area contributed by atoms with E-state index in [0.717, 1.165) is 5.25 Å². The molecule has 0 aliphatic carbocycles. The first-order valence-electron chi connectivity index (χ1n) is 3.18. The minimum absolute atomic E-state index is 0.926. The van der Waals surface area contributed by atoms with E-state index in [2.05, 4.69) is 6.92 Å². The van der Waals surface area contributed by atoms with Gasteiger partial charge in [-0.1, -0.05) is 42.4 Å². The van der Waals surface area contributed by atoms with Gasteiger partial charge in [-0.2, -0.15) is 0 Å². The Labute approximate surface area is 60.2 Å². The molecule has 0 aromatic rings. The van der Waals surface area contributed by atoms with E-state index < -0.39 is 0 Å². The molecule has 0 amide bonds. The molecule has 50 valence electrons. The van der Waals surface area contributed by atoms with Crippen LogP contribution in [-0.2, 0) is 0 Å². The van der Waals surface area contributed by atoms with Crippen LogP contribution in [0.4, 0.5) is 0 Å². The van der Waals surface area contributed by atoms with Gasteiger partial charge in [0, 0.05) is 11.0 Å². The Hall–Kier alpha value is 0.700. The lowest BCUT2D eigenvalue weighted by atomic mass is 10.4. The summed E-state index contributed by atoms with van der Waals surface area (Å²) in [5.41, 5.74) is 0. The van der Waals surface area contributed by atoms with E-state index in [1.807, 2.05) is 35.4 Å². The molecule has 0 bridgehead atoms. The zero-order valence-electron chi connectivity index (χ0n) is 5.81. The Kier molecular flexibility index (Phi) is 6.34. The summed E-state index contributed by atoms with van der Waals surface area (Å²) in [5, 5.41) is 0.926. The molecule has 1 fully saturated rings. The Balaban J connectivity index is 0.000000222. The maximum Gasteiger partial charge on any atom is 0.0131 e. The number of hydrogen-bond acceptors (Lipinski definition) is 2. The molecular formula is C6H14S2. The average molecular weight is 150 g/mol. The topological polar surface area (TPSA) is 0 Å². The van der Waals surface area contributed by atoms with Gasteiger partial charge in [-0.05, 0) is 6.42 Å². The molecule has 0 spiro atoms. The standard InChI is InChI=1S/C4H8S2.C2H6/c1-4-2-3-5-6-4;1-2/h4H,2-3H2,1H3;1-2H3. The van der Waals surface area contributed by atoms with E-state index in [-0.39, 0.29) is 0 Å². The maximum absolute atomic E-state index is 2.28. The highest BCUT2D eigenvalue weighted by Gasteiger charge is 2.08. The molecule has 2 heteroatoms. The predicted molar refractivity (Wildman–Crippen MR) is 45.5 cm³/mol. The van der Waals surface area contributed by atoms with Crippen LogP contribution >= 0.6 is 21.6 Å². The molecule has 1 atom stereocenters. The van der Waals surface area contributed by atoms with Gasteiger partial charge in [-0.3, -0.25) is 0 Å². The third-order valence-corrected chi connectivity index (χ3v) is 3.84. The average Bonchev–Trinajstić information content (AvgIpc) is 2.24. The smallest absolute Gasteiger partial charge is 0.0131 e. The molecule has 1 aliphatic heterocycles. The second-order valence-electron chi connectivity index (χ2n) is 1.52. The lowest BCUT2D eigenvalue weighted by Gasteiger charge is -1.89. The van der Waals surface area contributed by atoms with Crippen LogP contribution in [0.3, 0.4) is 0 Å². The minimum Gasteiger partial charge on any atom is -0.0938 e. The molecule has 0 saturated carbocycles. The molecule has 1 aliphatic rings. The fourth-order valence-electron chi connectivity index (χ4n) is 0.426. The number of rotatable bonds is 0. The fourth-order valence-corrected chi connectivity index (χ4v) is 3.13. The van der Waals surface area contributed by atoms with Gasteiger partial charge in [0.2, 0.25) is 0 Å². The third kappa shape index (κ3) is 3.67. The largest absolute Gasteiger partial charge is 0.0938 e. The Bertz CT molecular complexity index is 39.8. The molecule has 0 aromatic heterocycles. The molecule has 0 radical (unpaired) electrons. The molecule has 0 nitrogen and oxygen atoms in total. The van der Waals surface area contributed by atoms with Crippen molar-refractivity contribution in [2.45, 2.75) is 32.4 Å². The highest BCUT2D eigenvalue weighted by molar-refractivity contribution is 8.77. The fraction of sp³-hybridized carbons (Fsp3) is 1.00. The Morgan fingerprint density at radius 3 is 2.12 bits per heavy atom. The third-order valence-electron chi connectivity index (χ3n) is 0.840. The Morgan fingerprint density at radius 1 is 1.38 bits per heavy atom. The first kappa shape index (κ1) is 8.70. The summed E-state index contributed by atoms with van der Waals surface area (Å²) in [6, 6.07) is 0. The molecule has 0 N–H and O–H groups in total. The molecular weight excluding hydrogens is 136 g/mol. The van der Waals surface area contributed by atoms with Gasteiger partial charge in [0.15, 0.2) is 0 Å². The Morgan fingerprint density at radius 2 is 2.00 bits per heavy atom. The van der Waals surface area contributed by atoms with Crippen molar-refractivity contribution in [3.8, 4) is 0 Å². The minimum atomic E-state index is 0.926. The van der Waals surface area contributed by atoms with Crippen molar-refractivity contribution in [1.29, 1.82) is 0 Å². The summed E-state index contributed by atoms with van der Waals surface area (Å²) >= 11 is 0. The zero-order chi connectivity index (χ0) is 6.41. The van der Waals surface area contributed by atoms with Crippen LogP contribution in [0.25, 0.3) is 0 Å². The van der Waals surface area contributed by atoms with Crippen LogP contribution in [0.2, 0.25) is 0 Å². The van der Waals surface area contributed by atoms with Crippen LogP contribution in [0, 0.1) is 0 Å². The van der Waals surface area contributed by atoms with Crippen LogP contribution in [-0.4, -0.2) is 11.0 Å². The van der Waals surface area contributed by atoms with E-state index in [0.29, 0.717) is 0 Å². The highest BCUT2D eigenvalue weighted by atomic mass is 33.1. The number of hydrogen-bond donors (Lipinski definition) is 0. The second-order valence-corrected chi connectivity index (χ2v) is 4.44. The SMILES string of the molecule is CC.CC1CCSS1. The van der Waals surface area contributed by atoms with Gasteiger partial charge in [0.05, 0.1) is 0 Å². The predicted octanol–water partition coefficient (Wildman–Crippen LogP) is 3.19. The monoisotopic (exact) mass is 150 g/mol. The summed E-state index contributed by atoms with van der Waals surface area (Å²) in [4.78, 5) is 0. The second kappa shape index (κ2) is 5.83. The normalized spacial score (nSPS) is 26.6.